The average Bonchev–Trinajstić information content (AvgIpc) is 2.48. The maximum Gasteiger partial charge on any atom is 0.311 e. The Morgan fingerprint density at radius 2 is 2.15 bits per heavy atom. The highest BCUT2D eigenvalue weighted by molar-refractivity contribution is 5.48. The van der Waals surface area contributed by atoms with Gasteiger partial charge in [-0.2, -0.15) is 0 Å². The van der Waals surface area contributed by atoms with Crippen LogP contribution in [0.5, 0.6) is 5.75 Å². The number of nitro groups is 1. The second-order valence-corrected chi connectivity index (χ2v) is 5.26. The molecule has 0 atom stereocenters. The molecule has 0 aromatic heterocycles. The molecule has 0 bridgehead atoms. The molecule has 1 aliphatic heterocycles. The van der Waals surface area contributed by atoms with Gasteiger partial charge >= 0.3 is 5.69 Å². The van der Waals surface area contributed by atoms with Gasteiger partial charge in [-0.05, 0) is 42.9 Å². The van der Waals surface area contributed by atoms with Crippen LogP contribution in [0.4, 0.5) is 5.69 Å². The van der Waals surface area contributed by atoms with Crippen molar-refractivity contribution in [2.45, 2.75) is 19.3 Å². The highest BCUT2D eigenvalue weighted by Gasteiger charge is 2.32. The number of nitrogens with two attached hydrogens (primary N) is 1. The smallest absolute Gasteiger partial charge is 0.311 e. The van der Waals surface area contributed by atoms with Crippen LogP contribution < -0.4 is 10.5 Å². The number of benzene rings is 1. The zero-order valence-corrected chi connectivity index (χ0v) is 11.6. The van der Waals surface area contributed by atoms with Gasteiger partial charge in [0.1, 0.15) is 0 Å². The number of nitro benzene ring substituents is 1. The van der Waals surface area contributed by atoms with Crippen LogP contribution in [0.3, 0.4) is 0 Å². The van der Waals surface area contributed by atoms with E-state index in [-0.39, 0.29) is 16.9 Å². The third kappa shape index (κ3) is 3.08. The lowest BCUT2D eigenvalue weighted by atomic mass is 9.75. The Hall–Kier alpha value is -1.66. The fourth-order valence-electron chi connectivity index (χ4n) is 2.68. The first-order valence-electron chi connectivity index (χ1n) is 6.69. The molecule has 6 heteroatoms. The Morgan fingerprint density at radius 1 is 1.45 bits per heavy atom. The molecule has 1 aliphatic rings. The summed E-state index contributed by atoms with van der Waals surface area (Å²) in [5.74, 6) is 0.285. The Balaban J connectivity index is 2.24. The van der Waals surface area contributed by atoms with Crippen LogP contribution in [0.1, 0.15) is 18.4 Å². The second-order valence-electron chi connectivity index (χ2n) is 5.26. The van der Waals surface area contributed by atoms with E-state index in [1.807, 2.05) is 6.07 Å². The Kier molecular flexibility index (Phi) is 4.57. The molecule has 0 spiro atoms. The first-order chi connectivity index (χ1) is 9.60. The fourth-order valence-corrected chi connectivity index (χ4v) is 2.68. The SMILES string of the molecule is COc1ccc(CC2(CN)CCOCC2)cc1[N+](=O)[O-]. The van der Waals surface area contributed by atoms with E-state index in [9.17, 15) is 10.1 Å². The molecule has 20 heavy (non-hydrogen) atoms. The molecule has 0 amide bonds. The van der Waals surface area contributed by atoms with Crippen LogP contribution in [-0.4, -0.2) is 31.8 Å². The molecule has 2 N–H and O–H groups in total. The summed E-state index contributed by atoms with van der Waals surface area (Å²) in [5.41, 5.74) is 6.84. The van der Waals surface area contributed by atoms with Gasteiger partial charge in [-0.1, -0.05) is 6.07 Å². The molecule has 1 fully saturated rings. The van der Waals surface area contributed by atoms with Crippen molar-refractivity contribution in [1.82, 2.24) is 0 Å². The number of hydrogen-bond donors (Lipinski definition) is 1. The predicted molar refractivity (Wildman–Crippen MR) is 74.9 cm³/mol. The molecule has 1 saturated heterocycles. The zero-order valence-electron chi connectivity index (χ0n) is 11.6. The van der Waals surface area contributed by atoms with Crippen molar-refractivity contribution >= 4 is 5.69 Å². The predicted octanol–water partition coefficient (Wildman–Crippen LogP) is 1.90. The summed E-state index contributed by atoms with van der Waals surface area (Å²) in [5, 5.41) is 11.1. The largest absolute Gasteiger partial charge is 0.490 e. The highest BCUT2D eigenvalue weighted by Crippen LogP contribution is 2.35. The molecule has 1 aromatic carbocycles. The lowest BCUT2D eigenvalue weighted by molar-refractivity contribution is -0.385. The van der Waals surface area contributed by atoms with Crippen molar-refractivity contribution in [3.8, 4) is 5.75 Å². The molecule has 1 heterocycles. The summed E-state index contributed by atoms with van der Waals surface area (Å²) in [7, 11) is 1.43. The van der Waals surface area contributed by atoms with Gasteiger partial charge in [-0.3, -0.25) is 10.1 Å². The number of ether oxygens (including phenoxy) is 2. The van der Waals surface area contributed by atoms with E-state index in [1.54, 1.807) is 12.1 Å². The van der Waals surface area contributed by atoms with Gasteiger partial charge in [-0.25, -0.2) is 0 Å². The van der Waals surface area contributed by atoms with Crippen molar-refractivity contribution in [3.05, 3.63) is 33.9 Å². The van der Waals surface area contributed by atoms with Crippen molar-refractivity contribution in [3.63, 3.8) is 0 Å². The number of methoxy groups -OCH3 is 1. The second kappa shape index (κ2) is 6.19. The highest BCUT2D eigenvalue weighted by atomic mass is 16.6. The topological polar surface area (TPSA) is 87.6 Å². The van der Waals surface area contributed by atoms with Gasteiger partial charge in [0.25, 0.3) is 0 Å². The number of rotatable bonds is 5. The quantitative estimate of drug-likeness (QED) is 0.657. The Bertz CT molecular complexity index is 484. The first kappa shape index (κ1) is 14.7. The molecular formula is C14H20N2O4. The minimum absolute atomic E-state index is 0.00392. The van der Waals surface area contributed by atoms with Crippen LogP contribution in [0.25, 0.3) is 0 Å². The van der Waals surface area contributed by atoms with E-state index in [4.69, 9.17) is 15.2 Å². The van der Waals surface area contributed by atoms with Crippen LogP contribution >= 0.6 is 0 Å². The van der Waals surface area contributed by atoms with Crippen molar-refractivity contribution in [2.75, 3.05) is 26.9 Å². The van der Waals surface area contributed by atoms with Crippen LogP contribution in [0.2, 0.25) is 0 Å². The van der Waals surface area contributed by atoms with E-state index in [2.05, 4.69) is 0 Å². The van der Waals surface area contributed by atoms with Gasteiger partial charge < -0.3 is 15.2 Å². The molecule has 0 aliphatic carbocycles. The number of hydrogen-bond acceptors (Lipinski definition) is 5. The van der Waals surface area contributed by atoms with Gasteiger partial charge in [0, 0.05) is 19.3 Å². The summed E-state index contributed by atoms with van der Waals surface area (Å²) in [6, 6.07) is 5.11. The third-order valence-electron chi connectivity index (χ3n) is 4.01. The standard InChI is InChI=1S/C14H20N2O4/c1-19-13-3-2-11(8-12(13)16(17)18)9-14(10-15)4-6-20-7-5-14/h2-3,8H,4-7,9-10,15H2,1H3. The summed E-state index contributed by atoms with van der Waals surface area (Å²) in [6.45, 7) is 1.97. The normalized spacial score (nSPS) is 17.7. The average molecular weight is 280 g/mol. The minimum Gasteiger partial charge on any atom is -0.490 e. The van der Waals surface area contributed by atoms with Crippen molar-refractivity contribution < 1.29 is 14.4 Å². The molecule has 6 nitrogen and oxygen atoms in total. The maximum absolute atomic E-state index is 11.1. The summed E-state index contributed by atoms with van der Waals surface area (Å²) >= 11 is 0. The maximum atomic E-state index is 11.1. The molecule has 1 aromatic rings. The lowest BCUT2D eigenvalue weighted by Crippen LogP contribution is -2.38. The van der Waals surface area contributed by atoms with Crippen molar-refractivity contribution in [1.29, 1.82) is 0 Å². The van der Waals surface area contributed by atoms with E-state index >= 15 is 0 Å². The van der Waals surface area contributed by atoms with Gasteiger partial charge in [-0.15, -0.1) is 0 Å². The summed E-state index contributed by atoms with van der Waals surface area (Å²) in [6.07, 6.45) is 2.52. The van der Waals surface area contributed by atoms with Gasteiger partial charge in [0.2, 0.25) is 0 Å². The fraction of sp³-hybridized carbons (Fsp3) is 0.571. The summed E-state index contributed by atoms with van der Waals surface area (Å²) in [4.78, 5) is 10.6. The van der Waals surface area contributed by atoms with Crippen LogP contribution in [-0.2, 0) is 11.2 Å². The number of nitrogens with zero attached hydrogens (tertiary/aromatic N) is 1. The van der Waals surface area contributed by atoms with Crippen LogP contribution in [0, 0.1) is 15.5 Å². The van der Waals surface area contributed by atoms with E-state index in [1.165, 1.54) is 7.11 Å². The van der Waals surface area contributed by atoms with Gasteiger partial charge in [0.05, 0.1) is 12.0 Å². The minimum atomic E-state index is -0.415. The summed E-state index contributed by atoms with van der Waals surface area (Å²) < 4.78 is 10.4. The molecular weight excluding hydrogens is 260 g/mol. The monoisotopic (exact) mass is 280 g/mol. The third-order valence-corrected chi connectivity index (χ3v) is 4.01. The molecule has 2 rings (SSSR count). The lowest BCUT2D eigenvalue weighted by Gasteiger charge is -2.36. The molecule has 0 saturated carbocycles. The van der Waals surface area contributed by atoms with E-state index < -0.39 is 4.92 Å². The van der Waals surface area contributed by atoms with Crippen molar-refractivity contribution in [2.24, 2.45) is 11.1 Å². The van der Waals surface area contributed by atoms with Crippen LogP contribution in [0.15, 0.2) is 18.2 Å². The molecule has 0 unspecified atom stereocenters. The zero-order chi connectivity index (χ0) is 14.6. The molecule has 0 radical (unpaired) electrons. The molecule has 110 valence electrons. The van der Waals surface area contributed by atoms with E-state index in [0.29, 0.717) is 19.8 Å². The Morgan fingerprint density at radius 3 is 2.70 bits per heavy atom. The first-order valence-corrected chi connectivity index (χ1v) is 6.69. The Labute approximate surface area is 118 Å². The van der Waals surface area contributed by atoms with E-state index in [0.717, 1.165) is 24.8 Å². The van der Waals surface area contributed by atoms with Gasteiger partial charge in [0.15, 0.2) is 5.75 Å².